The number of rotatable bonds is 4. The number of benzene rings is 6. The summed E-state index contributed by atoms with van der Waals surface area (Å²) >= 11 is 0. The van der Waals surface area contributed by atoms with Crippen molar-refractivity contribution in [2.45, 2.75) is 0 Å². The normalized spacial score (nSPS) is 11.9. The molecule has 0 atom stereocenters. The first-order valence-electron chi connectivity index (χ1n) is 13.7. The first-order valence-corrected chi connectivity index (χ1v) is 13.7. The summed E-state index contributed by atoms with van der Waals surface area (Å²) in [6.07, 6.45) is 4.36. The van der Waals surface area contributed by atoms with Crippen LogP contribution in [-0.4, -0.2) is 9.97 Å². The lowest BCUT2D eigenvalue weighted by Gasteiger charge is -2.05. The van der Waals surface area contributed by atoms with E-state index >= 15 is 0 Å². The van der Waals surface area contributed by atoms with Gasteiger partial charge >= 0.3 is 0 Å². The molecular weight excluding hydrogens is 484 g/mol. The highest BCUT2D eigenvalue weighted by atomic mass is 14.7. The molecule has 8 aromatic rings. The molecule has 0 amide bonds. The van der Waals surface area contributed by atoms with E-state index in [0.29, 0.717) is 0 Å². The van der Waals surface area contributed by atoms with Crippen LogP contribution >= 0.6 is 0 Å². The lowest BCUT2D eigenvalue weighted by atomic mass is 10.00. The van der Waals surface area contributed by atoms with Crippen molar-refractivity contribution in [1.82, 2.24) is 9.97 Å². The molecule has 0 aliphatic carbocycles. The minimum absolute atomic E-state index is 1.17. The fourth-order valence-electron chi connectivity index (χ4n) is 5.97. The Labute approximate surface area is 232 Å². The van der Waals surface area contributed by atoms with E-state index in [0.717, 1.165) is 0 Å². The number of aromatic nitrogens is 2. The first-order chi connectivity index (χ1) is 19.8. The van der Waals surface area contributed by atoms with Crippen molar-refractivity contribution in [1.29, 1.82) is 0 Å². The van der Waals surface area contributed by atoms with E-state index < -0.39 is 0 Å². The summed E-state index contributed by atoms with van der Waals surface area (Å²) in [7, 11) is 0. The number of hydrogen-bond acceptors (Lipinski definition) is 0. The summed E-state index contributed by atoms with van der Waals surface area (Å²) in [5.41, 5.74) is 12.0. The van der Waals surface area contributed by atoms with Gasteiger partial charge < -0.3 is 9.97 Å². The molecule has 2 N–H and O–H groups in total. The van der Waals surface area contributed by atoms with E-state index in [9.17, 15) is 0 Å². The summed E-state index contributed by atoms with van der Waals surface area (Å²) in [6, 6.07) is 47.7. The summed E-state index contributed by atoms with van der Waals surface area (Å²) in [5, 5.41) is 5.06. The molecule has 40 heavy (non-hydrogen) atoms. The van der Waals surface area contributed by atoms with Crippen molar-refractivity contribution < 1.29 is 0 Å². The highest BCUT2D eigenvalue weighted by Gasteiger charge is 2.10. The topological polar surface area (TPSA) is 31.6 Å². The fraction of sp³-hybridized carbons (Fsp3) is 0. The second-order valence-corrected chi connectivity index (χ2v) is 10.4. The molecule has 0 bridgehead atoms. The van der Waals surface area contributed by atoms with Crippen molar-refractivity contribution in [3.8, 4) is 22.3 Å². The van der Waals surface area contributed by atoms with Crippen LogP contribution in [0.5, 0.6) is 0 Å². The maximum atomic E-state index is 3.62. The average molecular weight is 511 g/mol. The van der Waals surface area contributed by atoms with Crippen LogP contribution in [0.25, 0.3) is 78.0 Å². The van der Waals surface area contributed by atoms with Gasteiger partial charge in [0.1, 0.15) is 0 Å². The number of H-pyrrole nitrogens is 2. The van der Waals surface area contributed by atoms with Gasteiger partial charge in [0.25, 0.3) is 0 Å². The van der Waals surface area contributed by atoms with Crippen molar-refractivity contribution in [3.63, 3.8) is 0 Å². The Kier molecular flexibility index (Phi) is 5.17. The molecule has 0 spiro atoms. The Balaban J connectivity index is 1.06. The molecule has 6 aromatic carbocycles. The van der Waals surface area contributed by atoms with Crippen LogP contribution in [0.2, 0.25) is 0 Å². The molecule has 188 valence electrons. The Bertz CT molecular complexity index is 2030. The predicted octanol–water partition coefficient (Wildman–Crippen LogP) is 10.5. The Morgan fingerprint density at radius 2 is 0.750 bits per heavy atom. The van der Waals surface area contributed by atoms with E-state index in [1.165, 1.54) is 77.0 Å². The summed E-state index contributed by atoms with van der Waals surface area (Å²) in [5.74, 6) is 0. The molecule has 0 saturated heterocycles. The average Bonchev–Trinajstić information content (AvgIpc) is 3.59. The molecule has 0 aliphatic heterocycles. The van der Waals surface area contributed by atoms with E-state index in [2.05, 4.69) is 156 Å². The molecule has 2 aromatic heterocycles. The Morgan fingerprint density at radius 3 is 1.20 bits per heavy atom. The molecule has 2 heterocycles. The minimum atomic E-state index is 1.17. The maximum absolute atomic E-state index is 3.62. The Hall–Kier alpha value is -5.34. The van der Waals surface area contributed by atoms with Crippen LogP contribution < -0.4 is 0 Å². The number of fused-ring (bicyclic) bond motifs is 6. The van der Waals surface area contributed by atoms with Crippen LogP contribution in [0.15, 0.2) is 133 Å². The van der Waals surface area contributed by atoms with Crippen LogP contribution in [0.1, 0.15) is 11.1 Å². The largest absolute Gasteiger partial charge is 0.354 e. The molecule has 2 nitrogen and oxygen atoms in total. The molecule has 0 radical (unpaired) electrons. The zero-order valence-corrected chi connectivity index (χ0v) is 21.9. The third-order valence-corrected chi connectivity index (χ3v) is 7.99. The van der Waals surface area contributed by atoms with Crippen molar-refractivity contribution in [3.05, 3.63) is 145 Å². The zero-order chi connectivity index (χ0) is 26.5. The van der Waals surface area contributed by atoms with Gasteiger partial charge in [-0.3, -0.25) is 0 Å². The number of nitrogens with one attached hydrogen (secondary N) is 2. The van der Waals surface area contributed by atoms with Gasteiger partial charge in [0.15, 0.2) is 0 Å². The highest BCUT2D eigenvalue weighted by Crippen LogP contribution is 2.34. The van der Waals surface area contributed by atoms with Gasteiger partial charge in [-0.05, 0) is 34.4 Å². The molecule has 2 heteroatoms. The minimum Gasteiger partial charge on any atom is -0.354 e. The standard InChI is InChI=1S/C38H26N2/c1-3-13-35-31(7-1)33-11-5-9-29(37(33)39-35)27-21-17-25(18-22-27)15-16-26-19-23-28(24-20-26)30-10-6-12-34-32-8-2-4-14-36(32)40-38(30)34/h1-24,39-40H/b16-15+. The molecule has 0 saturated carbocycles. The lowest BCUT2D eigenvalue weighted by molar-refractivity contribution is 1.53. The summed E-state index contributed by atoms with van der Waals surface area (Å²) in [4.78, 5) is 7.25. The maximum Gasteiger partial charge on any atom is 0.0544 e. The van der Waals surface area contributed by atoms with E-state index in [1.54, 1.807) is 0 Å². The number of aromatic amines is 2. The second-order valence-electron chi connectivity index (χ2n) is 10.4. The number of hydrogen-bond donors (Lipinski definition) is 2. The molecular formula is C38H26N2. The molecule has 0 unspecified atom stereocenters. The third kappa shape index (κ3) is 3.73. The third-order valence-electron chi connectivity index (χ3n) is 7.99. The van der Waals surface area contributed by atoms with Gasteiger partial charge in [0.05, 0.1) is 11.0 Å². The fourth-order valence-corrected chi connectivity index (χ4v) is 5.97. The summed E-state index contributed by atoms with van der Waals surface area (Å²) < 4.78 is 0. The smallest absolute Gasteiger partial charge is 0.0544 e. The van der Waals surface area contributed by atoms with Gasteiger partial charge in [-0.1, -0.05) is 133 Å². The predicted molar refractivity (Wildman–Crippen MR) is 171 cm³/mol. The van der Waals surface area contributed by atoms with Crippen molar-refractivity contribution in [2.24, 2.45) is 0 Å². The van der Waals surface area contributed by atoms with E-state index in [-0.39, 0.29) is 0 Å². The molecule has 0 fully saturated rings. The monoisotopic (exact) mass is 510 g/mol. The lowest BCUT2D eigenvalue weighted by Crippen LogP contribution is -1.82. The van der Waals surface area contributed by atoms with Gasteiger partial charge in [0, 0.05) is 43.7 Å². The zero-order valence-electron chi connectivity index (χ0n) is 21.9. The Morgan fingerprint density at radius 1 is 0.350 bits per heavy atom. The molecule has 0 aliphatic rings. The van der Waals surface area contributed by atoms with Crippen LogP contribution in [0.4, 0.5) is 0 Å². The number of para-hydroxylation sites is 4. The van der Waals surface area contributed by atoms with Gasteiger partial charge in [0.2, 0.25) is 0 Å². The first kappa shape index (κ1) is 22.6. The highest BCUT2D eigenvalue weighted by molar-refractivity contribution is 6.12. The molecule has 8 rings (SSSR count). The van der Waals surface area contributed by atoms with E-state index in [1.807, 2.05) is 0 Å². The van der Waals surface area contributed by atoms with E-state index in [4.69, 9.17) is 0 Å². The van der Waals surface area contributed by atoms with Gasteiger partial charge in [-0.25, -0.2) is 0 Å². The van der Waals surface area contributed by atoms with Crippen LogP contribution in [-0.2, 0) is 0 Å². The van der Waals surface area contributed by atoms with Gasteiger partial charge in [-0.15, -0.1) is 0 Å². The van der Waals surface area contributed by atoms with Crippen molar-refractivity contribution in [2.75, 3.05) is 0 Å². The quantitative estimate of drug-likeness (QED) is 0.221. The van der Waals surface area contributed by atoms with Gasteiger partial charge in [-0.2, -0.15) is 0 Å². The SMILES string of the molecule is C(=C\c1ccc(-c2cccc3c2[nH]c2ccccc23)cc1)/c1ccc(-c2cccc3c2[nH]c2ccccc23)cc1. The summed E-state index contributed by atoms with van der Waals surface area (Å²) in [6.45, 7) is 0. The van der Waals surface area contributed by atoms with Crippen molar-refractivity contribution >= 4 is 55.8 Å². The second kappa shape index (κ2) is 9.14. The van der Waals surface area contributed by atoms with Crippen LogP contribution in [0.3, 0.4) is 0 Å². The van der Waals surface area contributed by atoms with Crippen LogP contribution in [0, 0.1) is 0 Å².